The van der Waals surface area contributed by atoms with Gasteiger partial charge in [-0.3, -0.25) is 4.90 Å². The molecular weight excluding hydrogens is 303 g/mol. The van der Waals surface area contributed by atoms with E-state index in [0.29, 0.717) is 5.54 Å². The van der Waals surface area contributed by atoms with Crippen molar-refractivity contribution in [2.45, 2.75) is 63.3 Å². The van der Waals surface area contributed by atoms with Crippen LogP contribution in [-0.4, -0.2) is 24.4 Å². The lowest BCUT2D eigenvalue weighted by Gasteiger charge is -2.48. The van der Waals surface area contributed by atoms with Gasteiger partial charge in [-0.05, 0) is 44.3 Å². The van der Waals surface area contributed by atoms with E-state index >= 15 is 0 Å². The highest BCUT2D eigenvalue weighted by Crippen LogP contribution is 2.43. The fraction of sp³-hybridized carbons (Fsp3) is 0.667. The molecule has 1 aliphatic carbocycles. The minimum atomic E-state index is -5.25. The van der Waals surface area contributed by atoms with Crippen LogP contribution < -0.4 is 0 Å². The zero-order valence-electron chi connectivity index (χ0n) is 13.4. The first-order valence-electron chi connectivity index (χ1n) is 8.49. The lowest BCUT2D eigenvalue weighted by Crippen LogP contribution is -2.49. The van der Waals surface area contributed by atoms with E-state index in [1.807, 2.05) is 0 Å². The van der Waals surface area contributed by atoms with E-state index in [1.165, 1.54) is 64.5 Å². The van der Waals surface area contributed by atoms with Gasteiger partial charge in [-0.25, -0.2) is 0 Å². The number of piperidine rings is 1. The first-order chi connectivity index (χ1) is 10.9. The van der Waals surface area contributed by atoms with Crippen molar-refractivity contribution >= 4 is 0 Å². The van der Waals surface area contributed by atoms with Crippen LogP contribution in [0.4, 0.5) is 13.2 Å². The molecule has 3 rings (SSSR count). The Bertz CT molecular complexity index is 443. The Balaban J connectivity index is 0.000000338. The third-order valence-electron chi connectivity index (χ3n) is 4.95. The van der Waals surface area contributed by atoms with Crippen LogP contribution in [0.2, 0.25) is 0 Å². The normalized spacial score (nSPS) is 22.1. The van der Waals surface area contributed by atoms with Gasteiger partial charge < -0.3 is 0 Å². The van der Waals surface area contributed by atoms with Crippen molar-refractivity contribution in [3.63, 3.8) is 0 Å². The standard InChI is InChI=1S/C17H25N.CF3O/c1-4-10-16(11-5-1)17(12-6-2-7-13-17)18-14-8-3-9-15-18;2-1(3,4)5/h1,4-5,10-11H,2-3,6-9,12-15H2;. The third-order valence-corrected chi connectivity index (χ3v) is 4.95. The van der Waals surface area contributed by atoms with Gasteiger partial charge >= 0.3 is 6.36 Å². The molecule has 1 saturated heterocycles. The van der Waals surface area contributed by atoms with E-state index in [-0.39, 0.29) is 0 Å². The maximum Gasteiger partial charge on any atom is 0.549 e. The second kappa shape index (κ2) is 8.15. The summed E-state index contributed by atoms with van der Waals surface area (Å²) in [5, 5.41) is 8.10. The van der Waals surface area contributed by atoms with Crippen LogP contribution >= 0.6 is 0 Å². The third kappa shape index (κ3) is 5.50. The highest BCUT2D eigenvalue weighted by molar-refractivity contribution is 5.25. The fourth-order valence-corrected chi connectivity index (χ4v) is 3.99. The number of rotatable bonds is 2. The number of alkyl halides is 3. The molecule has 0 bridgehead atoms. The topological polar surface area (TPSA) is 23.1 Å². The van der Waals surface area contributed by atoms with E-state index in [9.17, 15) is 13.2 Å². The summed E-state index contributed by atoms with van der Waals surface area (Å²) >= 11 is 0. The molecule has 5 heteroatoms. The summed E-state index contributed by atoms with van der Waals surface area (Å²) in [6, 6.07) is 11.3. The minimum Gasteiger partial charge on any atom is -0.294 e. The van der Waals surface area contributed by atoms with Crippen molar-refractivity contribution in [3.8, 4) is 0 Å². The number of hydrogen-bond donors (Lipinski definition) is 0. The molecule has 0 N–H and O–H groups in total. The molecule has 23 heavy (non-hydrogen) atoms. The van der Waals surface area contributed by atoms with Crippen molar-refractivity contribution < 1.29 is 18.3 Å². The summed E-state index contributed by atoms with van der Waals surface area (Å²) in [4.78, 5) is 2.81. The number of hydrogen-bond acceptors (Lipinski definition) is 1. The molecule has 0 amide bonds. The van der Waals surface area contributed by atoms with Crippen LogP contribution in [0.15, 0.2) is 30.3 Å². The Labute approximate surface area is 136 Å². The van der Waals surface area contributed by atoms with Gasteiger partial charge in [0, 0.05) is 5.54 Å². The van der Waals surface area contributed by atoms with Crippen LogP contribution in [0.3, 0.4) is 0 Å². The van der Waals surface area contributed by atoms with E-state index in [0.717, 1.165) is 0 Å². The molecule has 1 aliphatic heterocycles. The van der Waals surface area contributed by atoms with Gasteiger partial charge in [0.05, 0.1) is 0 Å². The van der Waals surface area contributed by atoms with Gasteiger partial charge in [-0.2, -0.15) is 0 Å². The molecule has 1 aromatic rings. The predicted octanol–water partition coefficient (Wildman–Crippen LogP) is 5.27. The van der Waals surface area contributed by atoms with Crippen molar-refractivity contribution in [1.29, 1.82) is 0 Å². The summed E-state index contributed by atoms with van der Waals surface area (Å²) in [7, 11) is 0. The zero-order chi connectivity index (χ0) is 16.8. The summed E-state index contributed by atoms with van der Waals surface area (Å²) in [5.74, 6) is 0. The molecule has 2 nitrogen and oxygen atoms in total. The average Bonchev–Trinajstić information content (AvgIpc) is 2.56. The Morgan fingerprint density at radius 1 is 0.826 bits per heavy atom. The van der Waals surface area contributed by atoms with Crippen molar-refractivity contribution in [3.05, 3.63) is 35.9 Å². The molecule has 1 radical (unpaired) electrons. The van der Waals surface area contributed by atoms with Crippen molar-refractivity contribution in [1.82, 2.24) is 4.90 Å². The largest absolute Gasteiger partial charge is 0.549 e. The Kier molecular flexibility index (Phi) is 6.48. The molecule has 0 atom stereocenters. The van der Waals surface area contributed by atoms with Gasteiger partial charge in [-0.1, -0.05) is 56.0 Å². The molecule has 129 valence electrons. The van der Waals surface area contributed by atoms with Gasteiger partial charge in [0.2, 0.25) is 0 Å². The van der Waals surface area contributed by atoms with Crippen molar-refractivity contribution in [2.24, 2.45) is 0 Å². The molecule has 1 heterocycles. The first-order valence-corrected chi connectivity index (χ1v) is 8.49. The van der Waals surface area contributed by atoms with E-state index in [4.69, 9.17) is 5.11 Å². The SMILES string of the molecule is [O]C(F)(F)F.c1ccc(C2(N3CCCCC3)CCCCC2)cc1. The Morgan fingerprint density at radius 3 is 1.83 bits per heavy atom. The van der Waals surface area contributed by atoms with Crippen LogP contribution in [0.25, 0.3) is 0 Å². The van der Waals surface area contributed by atoms with Gasteiger partial charge in [0.1, 0.15) is 0 Å². The molecule has 2 aliphatic rings. The lowest BCUT2D eigenvalue weighted by molar-refractivity contribution is -0.331. The quantitative estimate of drug-likeness (QED) is 0.725. The molecule has 2 fully saturated rings. The number of benzene rings is 1. The number of halogens is 3. The zero-order valence-corrected chi connectivity index (χ0v) is 13.4. The second-order valence-corrected chi connectivity index (χ2v) is 6.45. The van der Waals surface area contributed by atoms with Crippen LogP contribution in [-0.2, 0) is 10.6 Å². The summed E-state index contributed by atoms with van der Waals surface area (Å²) in [6.45, 7) is 2.63. The molecule has 1 saturated carbocycles. The summed E-state index contributed by atoms with van der Waals surface area (Å²) in [5.41, 5.74) is 1.95. The Morgan fingerprint density at radius 2 is 1.30 bits per heavy atom. The number of likely N-dealkylation sites (tertiary alicyclic amines) is 1. The van der Waals surface area contributed by atoms with Gasteiger partial charge in [0.15, 0.2) is 0 Å². The van der Waals surface area contributed by atoms with E-state index in [2.05, 4.69) is 35.2 Å². The molecule has 1 aromatic carbocycles. The average molecular weight is 328 g/mol. The van der Waals surface area contributed by atoms with Crippen molar-refractivity contribution in [2.75, 3.05) is 13.1 Å². The van der Waals surface area contributed by atoms with Crippen LogP contribution in [0.5, 0.6) is 0 Å². The highest BCUT2D eigenvalue weighted by atomic mass is 19.4. The fourth-order valence-electron chi connectivity index (χ4n) is 3.99. The van der Waals surface area contributed by atoms with Gasteiger partial charge in [0.25, 0.3) is 0 Å². The highest BCUT2D eigenvalue weighted by Gasteiger charge is 2.39. The molecule has 0 aromatic heterocycles. The predicted molar refractivity (Wildman–Crippen MR) is 83.4 cm³/mol. The smallest absolute Gasteiger partial charge is 0.294 e. The summed E-state index contributed by atoms with van der Waals surface area (Å²) in [6.07, 6.45) is 5.97. The van der Waals surface area contributed by atoms with E-state index < -0.39 is 6.36 Å². The molecule has 0 unspecified atom stereocenters. The lowest BCUT2D eigenvalue weighted by atomic mass is 9.74. The van der Waals surface area contributed by atoms with Crippen LogP contribution in [0, 0.1) is 0 Å². The van der Waals surface area contributed by atoms with E-state index in [1.54, 1.807) is 5.56 Å². The second-order valence-electron chi connectivity index (χ2n) is 6.45. The first kappa shape index (κ1) is 18.3. The summed E-state index contributed by atoms with van der Waals surface area (Å²) < 4.78 is 29.4. The molecule has 0 spiro atoms. The van der Waals surface area contributed by atoms with Gasteiger partial charge in [-0.15, -0.1) is 18.3 Å². The molecular formula is C18H25F3NO. The monoisotopic (exact) mass is 328 g/mol. The maximum absolute atomic E-state index is 9.80. The Hall–Kier alpha value is -1.07. The van der Waals surface area contributed by atoms with Crippen LogP contribution in [0.1, 0.15) is 56.9 Å². The maximum atomic E-state index is 9.80. The number of nitrogens with zero attached hydrogens (tertiary/aromatic N) is 1. The minimum absolute atomic E-state index is 0.375.